The van der Waals surface area contributed by atoms with E-state index < -0.39 is 5.97 Å². The molecule has 1 heterocycles. The van der Waals surface area contributed by atoms with Crippen LogP contribution in [-0.2, 0) is 4.74 Å². The second-order valence-corrected chi connectivity index (χ2v) is 4.42. The van der Waals surface area contributed by atoms with Gasteiger partial charge in [-0.15, -0.1) is 0 Å². The largest absolute Gasteiger partial charge is 0.464 e. The molecule has 1 fully saturated rings. The van der Waals surface area contributed by atoms with Crippen molar-refractivity contribution >= 4 is 17.5 Å². The van der Waals surface area contributed by atoms with Crippen LogP contribution in [-0.4, -0.2) is 31.7 Å². The van der Waals surface area contributed by atoms with Gasteiger partial charge in [-0.1, -0.05) is 0 Å². The highest BCUT2D eigenvalue weighted by Gasteiger charge is 2.24. The number of nitrogens with two attached hydrogens (primary N) is 1. The number of hydrogen-bond acceptors (Lipinski definition) is 5. The fourth-order valence-electron chi connectivity index (χ4n) is 1.76. The van der Waals surface area contributed by atoms with E-state index in [-0.39, 0.29) is 0 Å². The van der Waals surface area contributed by atoms with Gasteiger partial charge in [-0.25, -0.2) is 9.78 Å². The summed E-state index contributed by atoms with van der Waals surface area (Å²) < 4.78 is 4.64. The number of ether oxygens (including phenoxy) is 1. The highest BCUT2D eigenvalue weighted by atomic mass is 16.5. The number of anilines is 2. The highest BCUT2D eigenvalue weighted by Crippen LogP contribution is 2.31. The summed E-state index contributed by atoms with van der Waals surface area (Å²) in [6.45, 7) is 0.932. The average molecular weight is 235 g/mol. The summed E-state index contributed by atoms with van der Waals surface area (Å²) in [5, 5.41) is 0. The molecule has 17 heavy (non-hydrogen) atoms. The lowest BCUT2D eigenvalue weighted by Gasteiger charge is -2.19. The summed E-state index contributed by atoms with van der Waals surface area (Å²) in [7, 11) is 3.28. The third-order valence-electron chi connectivity index (χ3n) is 2.89. The summed E-state index contributed by atoms with van der Waals surface area (Å²) in [5.41, 5.74) is 6.75. The van der Waals surface area contributed by atoms with Gasteiger partial charge in [-0.2, -0.15) is 0 Å². The lowest BCUT2D eigenvalue weighted by atomic mass is 10.3. The smallest absolute Gasteiger partial charge is 0.356 e. The maximum absolute atomic E-state index is 11.4. The van der Waals surface area contributed by atoms with Gasteiger partial charge in [0.25, 0.3) is 0 Å². The molecule has 1 saturated carbocycles. The molecule has 92 valence electrons. The number of hydrogen-bond donors (Lipinski definition) is 1. The Bertz CT molecular complexity index is 430. The Morgan fingerprint density at radius 3 is 2.88 bits per heavy atom. The molecular weight excluding hydrogens is 218 g/mol. The Morgan fingerprint density at radius 2 is 2.29 bits per heavy atom. The van der Waals surface area contributed by atoms with Gasteiger partial charge >= 0.3 is 5.97 Å². The van der Waals surface area contributed by atoms with Gasteiger partial charge in [0.1, 0.15) is 0 Å². The first-order valence-corrected chi connectivity index (χ1v) is 5.67. The molecule has 0 unspecified atom stereocenters. The van der Waals surface area contributed by atoms with Crippen molar-refractivity contribution in [2.24, 2.45) is 5.92 Å². The second-order valence-electron chi connectivity index (χ2n) is 4.42. The Labute approximate surface area is 101 Å². The van der Waals surface area contributed by atoms with Crippen LogP contribution in [0, 0.1) is 5.92 Å². The fraction of sp³-hybridized carbons (Fsp3) is 0.500. The zero-order chi connectivity index (χ0) is 12.4. The topological polar surface area (TPSA) is 68.5 Å². The fourth-order valence-corrected chi connectivity index (χ4v) is 1.76. The molecule has 1 aromatic heterocycles. The van der Waals surface area contributed by atoms with Crippen LogP contribution in [0.2, 0.25) is 0 Å². The molecule has 0 atom stereocenters. The molecular formula is C12H17N3O2. The molecule has 1 aliphatic carbocycles. The molecule has 1 aromatic rings. The molecule has 0 aliphatic heterocycles. The van der Waals surface area contributed by atoms with Crippen molar-refractivity contribution in [2.45, 2.75) is 12.8 Å². The third-order valence-corrected chi connectivity index (χ3v) is 2.89. The minimum Gasteiger partial charge on any atom is -0.464 e. The zero-order valence-electron chi connectivity index (χ0n) is 10.1. The van der Waals surface area contributed by atoms with Crippen LogP contribution < -0.4 is 10.6 Å². The number of carbonyl (C=O) groups is 1. The van der Waals surface area contributed by atoms with E-state index in [2.05, 4.69) is 9.72 Å². The SMILES string of the molecule is COC(=O)c1ccc(N)c(N(C)CC2CC2)n1. The van der Waals surface area contributed by atoms with Crippen LogP contribution in [0.4, 0.5) is 11.5 Å². The summed E-state index contributed by atoms with van der Waals surface area (Å²) >= 11 is 0. The van der Waals surface area contributed by atoms with Crippen molar-refractivity contribution in [1.29, 1.82) is 0 Å². The van der Waals surface area contributed by atoms with Crippen molar-refractivity contribution < 1.29 is 9.53 Å². The molecule has 5 nitrogen and oxygen atoms in total. The highest BCUT2D eigenvalue weighted by molar-refractivity contribution is 5.88. The van der Waals surface area contributed by atoms with E-state index in [0.29, 0.717) is 17.2 Å². The molecule has 0 spiro atoms. The predicted molar refractivity (Wildman–Crippen MR) is 66.0 cm³/mol. The van der Waals surface area contributed by atoms with E-state index >= 15 is 0 Å². The number of nitrogen functional groups attached to an aromatic ring is 1. The van der Waals surface area contributed by atoms with Crippen LogP contribution in [0.3, 0.4) is 0 Å². The molecule has 0 amide bonds. The van der Waals surface area contributed by atoms with Crippen molar-refractivity contribution in [2.75, 3.05) is 31.3 Å². The zero-order valence-corrected chi connectivity index (χ0v) is 10.1. The van der Waals surface area contributed by atoms with E-state index in [4.69, 9.17) is 5.73 Å². The molecule has 0 bridgehead atoms. The summed E-state index contributed by atoms with van der Waals surface area (Å²) in [5.74, 6) is 0.953. The predicted octanol–water partition coefficient (Wildman–Crippen LogP) is 1.30. The van der Waals surface area contributed by atoms with Crippen molar-refractivity contribution in [3.8, 4) is 0 Å². The van der Waals surface area contributed by atoms with Crippen LogP contribution >= 0.6 is 0 Å². The molecule has 2 N–H and O–H groups in total. The number of nitrogens with zero attached hydrogens (tertiary/aromatic N) is 2. The van der Waals surface area contributed by atoms with E-state index in [1.165, 1.54) is 20.0 Å². The first kappa shape index (κ1) is 11.7. The third kappa shape index (κ3) is 2.67. The molecule has 0 radical (unpaired) electrons. The van der Waals surface area contributed by atoms with Crippen LogP contribution in [0.15, 0.2) is 12.1 Å². The van der Waals surface area contributed by atoms with E-state index in [1.807, 2.05) is 11.9 Å². The number of carbonyl (C=O) groups excluding carboxylic acids is 1. The van der Waals surface area contributed by atoms with Gasteiger partial charge in [-0.3, -0.25) is 0 Å². The Morgan fingerprint density at radius 1 is 1.59 bits per heavy atom. The van der Waals surface area contributed by atoms with Crippen molar-refractivity contribution in [1.82, 2.24) is 4.98 Å². The molecule has 1 aliphatic rings. The summed E-state index contributed by atoms with van der Waals surface area (Å²) in [6, 6.07) is 3.27. The first-order valence-electron chi connectivity index (χ1n) is 5.67. The van der Waals surface area contributed by atoms with Gasteiger partial charge in [0.15, 0.2) is 11.5 Å². The summed E-state index contributed by atoms with van der Waals surface area (Å²) in [4.78, 5) is 17.6. The maximum Gasteiger partial charge on any atom is 0.356 e. The molecule has 0 aromatic carbocycles. The Hall–Kier alpha value is -1.78. The molecule has 2 rings (SSSR count). The number of rotatable bonds is 4. The maximum atomic E-state index is 11.4. The first-order chi connectivity index (χ1) is 8.11. The number of methoxy groups -OCH3 is 1. The second kappa shape index (κ2) is 4.61. The standard InChI is InChI=1S/C12H17N3O2/c1-15(7-8-3-4-8)11-9(13)5-6-10(14-11)12(16)17-2/h5-6,8H,3-4,7,13H2,1-2H3. The number of aromatic nitrogens is 1. The van der Waals surface area contributed by atoms with Crippen LogP contribution in [0.5, 0.6) is 0 Å². The molecule has 0 saturated heterocycles. The Kier molecular flexibility index (Phi) is 3.17. The van der Waals surface area contributed by atoms with E-state index in [1.54, 1.807) is 12.1 Å². The van der Waals surface area contributed by atoms with Crippen molar-refractivity contribution in [3.05, 3.63) is 17.8 Å². The summed E-state index contributed by atoms with van der Waals surface area (Å²) in [6.07, 6.45) is 2.53. The van der Waals surface area contributed by atoms with Gasteiger partial charge in [0.2, 0.25) is 0 Å². The van der Waals surface area contributed by atoms with E-state index in [9.17, 15) is 4.79 Å². The van der Waals surface area contributed by atoms with Gasteiger partial charge < -0.3 is 15.4 Å². The number of esters is 1. The van der Waals surface area contributed by atoms with Crippen LogP contribution in [0.25, 0.3) is 0 Å². The monoisotopic (exact) mass is 235 g/mol. The van der Waals surface area contributed by atoms with Crippen molar-refractivity contribution in [3.63, 3.8) is 0 Å². The van der Waals surface area contributed by atoms with Gasteiger partial charge in [0.05, 0.1) is 12.8 Å². The quantitative estimate of drug-likeness (QED) is 0.796. The lowest BCUT2D eigenvalue weighted by molar-refractivity contribution is 0.0594. The normalized spacial score (nSPS) is 14.5. The van der Waals surface area contributed by atoms with Gasteiger partial charge in [0, 0.05) is 13.6 Å². The molecule has 5 heteroatoms. The van der Waals surface area contributed by atoms with E-state index in [0.717, 1.165) is 12.5 Å². The minimum absolute atomic E-state index is 0.291. The van der Waals surface area contributed by atoms with Crippen LogP contribution in [0.1, 0.15) is 23.3 Å². The Balaban J connectivity index is 2.21. The average Bonchev–Trinajstić information content (AvgIpc) is 3.12. The van der Waals surface area contributed by atoms with Gasteiger partial charge in [-0.05, 0) is 30.9 Å². The minimum atomic E-state index is -0.439. The number of pyridine rings is 1. The lowest BCUT2D eigenvalue weighted by Crippen LogP contribution is -2.23.